The number of piperidine rings is 1. The van der Waals surface area contributed by atoms with E-state index in [-0.39, 0.29) is 5.92 Å². The largest absolute Gasteiger partial charge is 0.305 e. The summed E-state index contributed by atoms with van der Waals surface area (Å²) in [5.74, 6) is 0.296. The number of benzene rings is 3. The van der Waals surface area contributed by atoms with E-state index in [0.717, 1.165) is 52.2 Å². The molecule has 0 radical (unpaired) electrons. The zero-order valence-electron chi connectivity index (χ0n) is 20.4. The fourth-order valence-corrected chi connectivity index (χ4v) is 7.51. The predicted molar refractivity (Wildman–Crippen MR) is 142 cm³/mol. The topological polar surface area (TPSA) is 49.3 Å². The zero-order chi connectivity index (χ0) is 24.7. The molecule has 2 fully saturated rings. The Bertz CT molecular complexity index is 1540. The van der Waals surface area contributed by atoms with Crippen molar-refractivity contribution in [3.63, 3.8) is 0 Å². The van der Waals surface area contributed by atoms with Crippen LogP contribution in [0.1, 0.15) is 29.2 Å². The van der Waals surface area contributed by atoms with Crippen LogP contribution in [0.25, 0.3) is 22.3 Å². The van der Waals surface area contributed by atoms with Crippen LogP contribution in [0.5, 0.6) is 0 Å². The number of carbonyl (C=O) groups excluding carboxylic acids is 1. The van der Waals surface area contributed by atoms with Crippen molar-refractivity contribution >= 4 is 28.4 Å². The Balaban J connectivity index is 1.60. The highest BCUT2D eigenvalue weighted by atomic mass is 35.5. The monoisotopic (exact) mass is 494 g/mol. The first-order chi connectivity index (χ1) is 17.5. The number of Topliss-reactive ketones (excluding diaryl/α,β-unsaturated/α-hetero) is 1. The number of likely N-dealkylation sites (N-methyl/N-ethyl adjacent to an activating group) is 1. The molecule has 3 atom stereocenters. The number of hydrogen-bond donors (Lipinski definition) is 0. The van der Waals surface area contributed by atoms with Gasteiger partial charge >= 0.3 is 0 Å². The first kappa shape index (κ1) is 22.1. The number of nitrogens with zero attached hydrogens (tertiary/aromatic N) is 4. The number of carbonyl (C=O) groups is 1. The number of aromatic nitrogens is 2. The number of ketones is 1. The van der Waals surface area contributed by atoms with Crippen molar-refractivity contribution < 1.29 is 4.79 Å². The van der Waals surface area contributed by atoms with E-state index < -0.39 is 11.0 Å². The summed E-state index contributed by atoms with van der Waals surface area (Å²) in [5, 5.41) is 0.704. The molecule has 0 saturated carbocycles. The smallest absolute Gasteiger partial charge is 0.144 e. The van der Waals surface area contributed by atoms with Crippen LogP contribution in [0, 0.1) is 5.41 Å². The fraction of sp³-hybridized carbons (Fsp3) is 0.300. The van der Waals surface area contributed by atoms with Gasteiger partial charge in [0.25, 0.3) is 0 Å². The molecule has 2 saturated heterocycles. The lowest BCUT2D eigenvalue weighted by Gasteiger charge is -2.51. The van der Waals surface area contributed by atoms with Gasteiger partial charge in [0.05, 0.1) is 27.8 Å². The van der Waals surface area contributed by atoms with E-state index in [1.807, 2.05) is 36.4 Å². The molecule has 0 N–H and O–H groups in total. The molecule has 0 unspecified atom stereocenters. The van der Waals surface area contributed by atoms with Crippen molar-refractivity contribution in [1.82, 2.24) is 19.8 Å². The molecule has 36 heavy (non-hydrogen) atoms. The molecule has 3 aromatic carbocycles. The van der Waals surface area contributed by atoms with Gasteiger partial charge in [0.15, 0.2) is 0 Å². The summed E-state index contributed by atoms with van der Waals surface area (Å²) in [7, 11) is 4.29. The molecule has 0 amide bonds. The summed E-state index contributed by atoms with van der Waals surface area (Å²) in [6.07, 6.45) is 0.523. The van der Waals surface area contributed by atoms with E-state index in [1.54, 1.807) is 0 Å². The van der Waals surface area contributed by atoms with E-state index in [4.69, 9.17) is 21.6 Å². The summed E-state index contributed by atoms with van der Waals surface area (Å²) < 4.78 is 0. The molecule has 3 aliphatic rings. The highest BCUT2D eigenvalue weighted by Gasteiger charge is 2.72. The van der Waals surface area contributed by atoms with Crippen LogP contribution in [-0.2, 0) is 10.3 Å². The van der Waals surface area contributed by atoms with E-state index in [2.05, 4.69) is 60.3 Å². The molecule has 5 nitrogen and oxygen atoms in total. The normalized spacial score (nSPS) is 27.8. The maximum absolute atomic E-state index is 14.5. The summed E-state index contributed by atoms with van der Waals surface area (Å²) in [4.78, 5) is 29.6. The standard InChI is InChI=1S/C30H27ClN4O/c1-34-16-15-26(36)29(18-34)23(19-11-13-20(31)14-12-19)17-35(2)30(29)22-8-4-3-7-21(22)27-28(30)33-25-10-6-5-9-24(25)32-27/h3-14,23H,15-18H2,1-2H3/t23-,29+,30+/m1/s1. The average Bonchev–Trinajstić information content (AvgIpc) is 3.32. The molecule has 2 spiro atoms. The predicted octanol–water partition coefficient (Wildman–Crippen LogP) is 5.13. The highest BCUT2D eigenvalue weighted by molar-refractivity contribution is 6.30. The lowest BCUT2D eigenvalue weighted by atomic mass is 9.56. The molecule has 7 rings (SSSR count). The Labute approximate surface area is 215 Å². The quantitative estimate of drug-likeness (QED) is 0.367. The highest BCUT2D eigenvalue weighted by Crippen LogP contribution is 2.67. The third-order valence-electron chi connectivity index (χ3n) is 8.76. The number of para-hydroxylation sites is 2. The first-order valence-corrected chi connectivity index (χ1v) is 12.9. The molecule has 3 heterocycles. The van der Waals surface area contributed by atoms with Crippen LogP contribution < -0.4 is 0 Å². The number of fused-ring (bicyclic) bond motifs is 7. The molecule has 6 heteroatoms. The summed E-state index contributed by atoms with van der Waals surface area (Å²) in [6.45, 7) is 2.17. The van der Waals surface area contributed by atoms with Gasteiger partial charge in [-0.25, -0.2) is 9.97 Å². The lowest BCUT2D eigenvalue weighted by Crippen LogP contribution is -2.62. The SMILES string of the molecule is CN1CCC(=O)[C@]2(C1)[C@@H](c1ccc(Cl)cc1)CN(C)[C@]21c2ccccc2-c2nc3ccccc3nc21. The first-order valence-electron chi connectivity index (χ1n) is 12.5. The molecular formula is C30H27ClN4O. The molecule has 4 aromatic rings. The van der Waals surface area contributed by atoms with Gasteiger partial charge in [0.1, 0.15) is 11.3 Å². The van der Waals surface area contributed by atoms with Crippen molar-refractivity contribution in [2.75, 3.05) is 33.7 Å². The van der Waals surface area contributed by atoms with Crippen molar-refractivity contribution in [3.05, 3.63) is 94.6 Å². The molecule has 2 aliphatic heterocycles. The number of halogens is 1. The van der Waals surface area contributed by atoms with Crippen molar-refractivity contribution in [2.24, 2.45) is 5.41 Å². The Morgan fingerprint density at radius 1 is 0.917 bits per heavy atom. The number of rotatable bonds is 1. The van der Waals surface area contributed by atoms with E-state index >= 15 is 0 Å². The van der Waals surface area contributed by atoms with Crippen LogP contribution >= 0.6 is 11.6 Å². The Hall–Kier alpha value is -3.12. The van der Waals surface area contributed by atoms with Gasteiger partial charge in [-0.15, -0.1) is 0 Å². The fourth-order valence-electron chi connectivity index (χ4n) is 7.38. The van der Waals surface area contributed by atoms with Crippen LogP contribution in [0.2, 0.25) is 5.02 Å². The molecule has 1 aliphatic carbocycles. The minimum Gasteiger partial charge on any atom is -0.305 e. The van der Waals surface area contributed by atoms with Gasteiger partial charge in [-0.3, -0.25) is 9.69 Å². The summed E-state index contributed by atoms with van der Waals surface area (Å²) in [5.41, 5.74) is 5.46. The van der Waals surface area contributed by atoms with Gasteiger partial charge in [-0.2, -0.15) is 0 Å². The second kappa shape index (κ2) is 7.69. The van der Waals surface area contributed by atoms with Crippen molar-refractivity contribution in [2.45, 2.75) is 17.9 Å². The van der Waals surface area contributed by atoms with E-state index in [0.29, 0.717) is 23.8 Å². The maximum Gasteiger partial charge on any atom is 0.144 e. The Morgan fingerprint density at radius 3 is 2.39 bits per heavy atom. The third kappa shape index (κ3) is 2.66. The zero-order valence-corrected chi connectivity index (χ0v) is 21.2. The Morgan fingerprint density at radius 2 is 1.61 bits per heavy atom. The summed E-state index contributed by atoms with van der Waals surface area (Å²) in [6, 6.07) is 24.6. The van der Waals surface area contributed by atoms with Crippen molar-refractivity contribution in [3.8, 4) is 11.3 Å². The van der Waals surface area contributed by atoms with Crippen LogP contribution in [0.3, 0.4) is 0 Å². The van der Waals surface area contributed by atoms with E-state index in [1.165, 1.54) is 0 Å². The average molecular weight is 495 g/mol. The minimum absolute atomic E-state index is 0.0118. The molecule has 180 valence electrons. The Kier molecular flexibility index (Phi) is 4.72. The minimum atomic E-state index is -0.721. The number of likely N-dealkylation sites (tertiary alicyclic amines) is 2. The van der Waals surface area contributed by atoms with Crippen LogP contribution in [0.4, 0.5) is 0 Å². The summed E-state index contributed by atoms with van der Waals surface area (Å²) >= 11 is 6.28. The van der Waals surface area contributed by atoms with Gasteiger partial charge < -0.3 is 4.90 Å². The van der Waals surface area contributed by atoms with E-state index in [9.17, 15) is 4.79 Å². The van der Waals surface area contributed by atoms with Crippen LogP contribution in [0.15, 0.2) is 72.8 Å². The van der Waals surface area contributed by atoms with Gasteiger partial charge in [0.2, 0.25) is 0 Å². The third-order valence-corrected chi connectivity index (χ3v) is 9.02. The van der Waals surface area contributed by atoms with Crippen molar-refractivity contribution in [1.29, 1.82) is 0 Å². The van der Waals surface area contributed by atoms with Crippen LogP contribution in [-0.4, -0.2) is 59.3 Å². The maximum atomic E-state index is 14.5. The molecular weight excluding hydrogens is 468 g/mol. The second-order valence-electron chi connectivity index (χ2n) is 10.5. The van der Waals surface area contributed by atoms with Gasteiger partial charge in [0, 0.05) is 42.6 Å². The number of hydrogen-bond acceptors (Lipinski definition) is 5. The molecule has 1 aromatic heterocycles. The van der Waals surface area contributed by atoms with Gasteiger partial charge in [-0.05, 0) is 49.5 Å². The second-order valence-corrected chi connectivity index (χ2v) is 11.0. The lowest BCUT2D eigenvalue weighted by molar-refractivity contribution is -0.140. The molecule has 0 bridgehead atoms. The van der Waals surface area contributed by atoms with Gasteiger partial charge in [-0.1, -0.05) is 60.1 Å².